The van der Waals surface area contributed by atoms with Gasteiger partial charge in [0.25, 0.3) is 0 Å². The Balaban J connectivity index is 0.000000331. The number of hydrogen-bond acceptors (Lipinski definition) is 7. The maximum Gasteiger partial charge on any atom is 0.471 e. The number of nitrogens with zero attached hydrogens (tertiary/aromatic N) is 4. The summed E-state index contributed by atoms with van der Waals surface area (Å²) in [7, 11) is 0. The van der Waals surface area contributed by atoms with Crippen LogP contribution in [-0.2, 0) is 22.6 Å². The highest BCUT2D eigenvalue weighted by molar-refractivity contribution is 5.81. The molecular weight excluding hydrogens is 441 g/mol. The number of rotatable bonds is 4. The molecule has 0 atom stereocenters. The van der Waals surface area contributed by atoms with Crippen molar-refractivity contribution in [3.05, 3.63) is 59.2 Å². The molecule has 0 spiro atoms. The monoisotopic (exact) mass is 462 g/mol. The third kappa shape index (κ3) is 11.1. The van der Waals surface area contributed by atoms with E-state index in [9.17, 15) is 22.8 Å². The van der Waals surface area contributed by atoms with Crippen molar-refractivity contribution in [1.82, 2.24) is 20.6 Å². The third-order valence-electron chi connectivity index (χ3n) is 3.42. The van der Waals surface area contributed by atoms with Crippen molar-refractivity contribution in [3.63, 3.8) is 0 Å². The van der Waals surface area contributed by atoms with E-state index in [0.29, 0.717) is 17.8 Å². The predicted molar refractivity (Wildman–Crippen MR) is 109 cm³/mol. The van der Waals surface area contributed by atoms with E-state index in [0.717, 1.165) is 5.56 Å². The second-order valence-electron chi connectivity index (χ2n) is 7.36. The molecule has 174 valence electrons. The lowest BCUT2D eigenvalue weighted by molar-refractivity contribution is -0.173. The first-order valence-electron chi connectivity index (χ1n) is 9.36. The standard InChI is InChI=1S/C12H15N3O2.C9H6F3N3O/c1-12(2,3)17-11(16)15-8-9-4-5-14-10(6-9)7-13;10-9(11,12)8(16)15-5-6-1-2-14-7(3-6)4-13/h4-6H,8H2,1-3H3,(H,15,16);1-3H,5H2,(H,15,16). The number of nitriles is 2. The minimum Gasteiger partial charge on any atom is -0.444 e. The molecule has 0 bridgehead atoms. The van der Waals surface area contributed by atoms with E-state index < -0.39 is 23.8 Å². The number of aromatic nitrogens is 2. The smallest absolute Gasteiger partial charge is 0.444 e. The largest absolute Gasteiger partial charge is 0.471 e. The van der Waals surface area contributed by atoms with Crippen LogP contribution in [0.25, 0.3) is 0 Å². The molecule has 0 saturated heterocycles. The van der Waals surface area contributed by atoms with Gasteiger partial charge in [-0.2, -0.15) is 23.7 Å². The molecule has 0 aromatic carbocycles. The lowest BCUT2D eigenvalue weighted by atomic mass is 10.2. The van der Waals surface area contributed by atoms with E-state index in [-0.39, 0.29) is 12.2 Å². The number of carbonyl (C=O) groups excluding carboxylic acids is 2. The van der Waals surface area contributed by atoms with Crippen LogP contribution in [-0.4, -0.2) is 33.7 Å². The molecule has 0 aliphatic rings. The summed E-state index contributed by atoms with van der Waals surface area (Å²) >= 11 is 0. The fraction of sp³-hybridized carbons (Fsp3) is 0.333. The van der Waals surface area contributed by atoms with Crippen molar-refractivity contribution in [2.45, 2.75) is 45.6 Å². The highest BCUT2D eigenvalue weighted by Gasteiger charge is 2.38. The Hall–Kier alpha value is -4.19. The van der Waals surface area contributed by atoms with Crippen molar-refractivity contribution < 1.29 is 27.5 Å². The third-order valence-corrected chi connectivity index (χ3v) is 3.42. The fourth-order valence-electron chi connectivity index (χ4n) is 2.06. The molecule has 9 nitrogen and oxygen atoms in total. The van der Waals surface area contributed by atoms with Gasteiger partial charge in [0.2, 0.25) is 0 Å². The number of pyridine rings is 2. The molecular formula is C21H21F3N6O3. The van der Waals surface area contributed by atoms with Gasteiger partial charge in [-0.05, 0) is 56.2 Å². The van der Waals surface area contributed by atoms with Gasteiger partial charge in [-0.25, -0.2) is 14.8 Å². The van der Waals surface area contributed by atoms with E-state index in [4.69, 9.17) is 15.3 Å². The van der Waals surface area contributed by atoms with Gasteiger partial charge in [0.1, 0.15) is 29.1 Å². The highest BCUT2D eigenvalue weighted by Crippen LogP contribution is 2.14. The Morgan fingerprint density at radius 1 is 0.939 bits per heavy atom. The van der Waals surface area contributed by atoms with Crippen molar-refractivity contribution in [1.29, 1.82) is 10.5 Å². The number of halogens is 3. The predicted octanol–water partition coefficient (Wildman–Crippen LogP) is 3.11. The molecule has 0 aliphatic heterocycles. The lowest BCUT2D eigenvalue weighted by Crippen LogP contribution is -2.36. The molecule has 0 fully saturated rings. The van der Waals surface area contributed by atoms with Crippen molar-refractivity contribution >= 4 is 12.0 Å². The average Bonchev–Trinajstić information content (AvgIpc) is 2.75. The molecule has 0 aliphatic carbocycles. The molecule has 2 rings (SSSR count). The summed E-state index contributed by atoms with van der Waals surface area (Å²) in [6, 6.07) is 9.75. The highest BCUT2D eigenvalue weighted by atomic mass is 19.4. The van der Waals surface area contributed by atoms with Crippen molar-refractivity contribution in [2.24, 2.45) is 0 Å². The lowest BCUT2D eigenvalue weighted by Gasteiger charge is -2.19. The van der Waals surface area contributed by atoms with E-state index in [2.05, 4.69) is 15.3 Å². The number of hydrogen-bond donors (Lipinski definition) is 2. The molecule has 33 heavy (non-hydrogen) atoms. The summed E-state index contributed by atoms with van der Waals surface area (Å²) in [6.45, 7) is 5.41. The number of alkyl carbamates (subject to hydrolysis) is 1. The van der Waals surface area contributed by atoms with Crippen LogP contribution in [0.15, 0.2) is 36.7 Å². The van der Waals surface area contributed by atoms with Gasteiger partial charge in [0.15, 0.2) is 0 Å². The van der Waals surface area contributed by atoms with Gasteiger partial charge < -0.3 is 15.4 Å². The first kappa shape index (κ1) is 26.8. The number of carbonyl (C=O) groups is 2. The maximum absolute atomic E-state index is 11.8. The minimum absolute atomic E-state index is 0.0822. The van der Waals surface area contributed by atoms with Crippen LogP contribution in [0.2, 0.25) is 0 Å². The molecule has 2 aromatic rings. The normalized spacial score (nSPS) is 10.5. The van der Waals surface area contributed by atoms with Crippen molar-refractivity contribution in [3.8, 4) is 12.1 Å². The van der Waals surface area contributed by atoms with Crippen LogP contribution in [0.5, 0.6) is 0 Å². The first-order valence-corrected chi connectivity index (χ1v) is 9.36. The van der Waals surface area contributed by atoms with E-state index in [1.807, 2.05) is 6.07 Å². The minimum atomic E-state index is -4.90. The Morgan fingerprint density at radius 3 is 1.79 bits per heavy atom. The van der Waals surface area contributed by atoms with Crippen LogP contribution in [0.1, 0.15) is 43.3 Å². The average molecular weight is 462 g/mol. The number of alkyl halides is 3. The zero-order valence-electron chi connectivity index (χ0n) is 18.0. The Morgan fingerprint density at radius 2 is 1.39 bits per heavy atom. The fourth-order valence-corrected chi connectivity index (χ4v) is 2.06. The molecule has 0 unspecified atom stereocenters. The van der Waals surface area contributed by atoms with Gasteiger partial charge >= 0.3 is 18.2 Å². The van der Waals surface area contributed by atoms with Gasteiger partial charge in [0.05, 0.1) is 0 Å². The second-order valence-corrected chi connectivity index (χ2v) is 7.36. The Bertz CT molecular complexity index is 1050. The molecule has 0 radical (unpaired) electrons. The van der Waals surface area contributed by atoms with Gasteiger partial charge in [0, 0.05) is 25.5 Å². The molecule has 2 heterocycles. The Labute approximate surface area is 188 Å². The topological polar surface area (TPSA) is 141 Å². The molecule has 0 saturated carbocycles. The number of ether oxygens (including phenoxy) is 1. The summed E-state index contributed by atoms with van der Waals surface area (Å²) in [5, 5.41) is 21.5. The first-order chi connectivity index (χ1) is 15.3. The summed E-state index contributed by atoms with van der Waals surface area (Å²) in [4.78, 5) is 29.3. The van der Waals surface area contributed by atoms with Gasteiger partial charge in [-0.15, -0.1) is 0 Å². The molecule has 12 heteroatoms. The van der Waals surface area contributed by atoms with Crippen LogP contribution < -0.4 is 10.6 Å². The Kier molecular flexibility index (Phi) is 9.76. The van der Waals surface area contributed by atoms with Crippen LogP contribution >= 0.6 is 0 Å². The second kappa shape index (κ2) is 12.0. The van der Waals surface area contributed by atoms with E-state index in [1.165, 1.54) is 24.5 Å². The van der Waals surface area contributed by atoms with Crippen LogP contribution in [0, 0.1) is 22.7 Å². The summed E-state index contributed by atoms with van der Waals surface area (Å²) in [5.41, 5.74) is 1.08. The molecule has 2 N–H and O–H groups in total. The van der Waals surface area contributed by atoms with Gasteiger partial charge in [-0.1, -0.05) is 0 Å². The maximum atomic E-state index is 11.8. The molecule has 2 aromatic heterocycles. The summed E-state index contributed by atoms with van der Waals surface area (Å²) < 4.78 is 40.5. The SMILES string of the molecule is CC(C)(C)OC(=O)NCc1ccnc(C#N)c1.N#Cc1cc(CNC(=O)C(F)(F)F)ccn1. The quantitative estimate of drug-likeness (QED) is 0.711. The van der Waals surface area contributed by atoms with E-state index in [1.54, 1.807) is 44.3 Å². The zero-order valence-corrected chi connectivity index (χ0v) is 18.0. The number of nitrogens with one attached hydrogen (secondary N) is 2. The number of amides is 2. The summed E-state index contributed by atoms with van der Waals surface area (Å²) in [6.07, 6.45) is -2.56. The molecule has 2 amide bonds. The summed E-state index contributed by atoms with van der Waals surface area (Å²) in [5.74, 6) is -2.01. The van der Waals surface area contributed by atoms with E-state index >= 15 is 0 Å². The zero-order chi connectivity index (χ0) is 25.1. The van der Waals surface area contributed by atoms with Gasteiger partial charge in [-0.3, -0.25) is 4.79 Å². The van der Waals surface area contributed by atoms with Crippen molar-refractivity contribution in [2.75, 3.05) is 0 Å². The van der Waals surface area contributed by atoms with Crippen LogP contribution in [0.4, 0.5) is 18.0 Å². The van der Waals surface area contributed by atoms with Crippen LogP contribution in [0.3, 0.4) is 0 Å².